The number of amides is 1. The summed E-state index contributed by atoms with van der Waals surface area (Å²) in [6.45, 7) is 3.11. The highest BCUT2D eigenvalue weighted by atomic mass is 19.1. The minimum absolute atomic E-state index is 0.00432. The minimum Gasteiger partial charge on any atom is -0.424 e. The summed E-state index contributed by atoms with van der Waals surface area (Å²) in [5.74, 6) is -0.380. The van der Waals surface area contributed by atoms with E-state index in [1.807, 2.05) is 24.3 Å². The van der Waals surface area contributed by atoms with Crippen LogP contribution in [0.5, 0.6) is 0 Å². The fraction of sp³-hybridized carbons (Fsp3) is 0.280. The van der Waals surface area contributed by atoms with Crippen molar-refractivity contribution in [2.45, 2.75) is 25.8 Å². The summed E-state index contributed by atoms with van der Waals surface area (Å²) in [4.78, 5) is 28.4. The largest absolute Gasteiger partial charge is 0.424 e. The maximum Gasteiger partial charge on any atom is 0.295 e. The Morgan fingerprint density at radius 3 is 2.79 bits per heavy atom. The predicted molar refractivity (Wildman–Crippen MR) is 123 cm³/mol. The second kappa shape index (κ2) is 8.97. The van der Waals surface area contributed by atoms with Gasteiger partial charge in [0.2, 0.25) is 0 Å². The molecule has 1 aliphatic rings. The zero-order valence-corrected chi connectivity index (χ0v) is 18.2. The third-order valence-electron chi connectivity index (χ3n) is 6.17. The highest BCUT2D eigenvalue weighted by Crippen LogP contribution is 2.30. The Bertz CT molecular complexity index is 1240. The van der Waals surface area contributed by atoms with Gasteiger partial charge in [0, 0.05) is 31.0 Å². The lowest BCUT2D eigenvalue weighted by atomic mass is 9.89. The van der Waals surface area contributed by atoms with Crippen LogP contribution in [0.1, 0.15) is 30.1 Å². The molecule has 0 bridgehead atoms. The van der Waals surface area contributed by atoms with Crippen molar-refractivity contribution in [3.8, 4) is 11.4 Å². The highest BCUT2D eigenvalue weighted by Gasteiger charge is 2.35. The van der Waals surface area contributed by atoms with Crippen LogP contribution in [-0.4, -0.2) is 44.9 Å². The van der Waals surface area contributed by atoms with Crippen molar-refractivity contribution in [3.05, 3.63) is 72.3 Å². The number of benzene rings is 2. The SMILES string of the molecule is C[C@@H]1CCCN(C(=O)c2c(F)cccc2-c2ncccn2)[C@@H]1CNc1nc2ccccc2o1. The molecule has 8 heteroatoms. The summed E-state index contributed by atoms with van der Waals surface area (Å²) in [5, 5.41) is 3.24. The predicted octanol–water partition coefficient (Wildman–Crippen LogP) is 4.78. The van der Waals surface area contributed by atoms with E-state index in [9.17, 15) is 9.18 Å². The third-order valence-corrected chi connectivity index (χ3v) is 6.17. The normalized spacial score (nSPS) is 18.4. The maximum atomic E-state index is 15.0. The van der Waals surface area contributed by atoms with Crippen molar-refractivity contribution in [2.24, 2.45) is 5.92 Å². The Kier molecular flexibility index (Phi) is 5.73. The number of halogens is 1. The van der Waals surface area contributed by atoms with Gasteiger partial charge in [-0.1, -0.05) is 31.2 Å². The number of hydrogen-bond acceptors (Lipinski definition) is 6. The first-order chi connectivity index (χ1) is 16.1. The second-order valence-corrected chi connectivity index (χ2v) is 8.29. The second-order valence-electron chi connectivity index (χ2n) is 8.29. The van der Waals surface area contributed by atoms with Crippen LogP contribution in [0.2, 0.25) is 0 Å². The van der Waals surface area contributed by atoms with Gasteiger partial charge in [-0.2, -0.15) is 4.98 Å². The molecule has 0 saturated carbocycles. The minimum atomic E-state index is -0.575. The van der Waals surface area contributed by atoms with Crippen LogP contribution >= 0.6 is 0 Å². The number of piperidine rings is 1. The van der Waals surface area contributed by atoms with E-state index in [0.717, 1.165) is 18.4 Å². The molecule has 1 aliphatic heterocycles. The van der Waals surface area contributed by atoms with Gasteiger partial charge in [0.1, 0.15) is 11.3 Å². The van der Waals surface area contributed by atoms with Crippen LogP contribution in [0.25, 0.3) is 22.5 Å². The standard InChI is InChI=1S/C25H24FN5O2/c1-16-7-5-14-31(20(16)15-29-25-30-19-10-2-3-11-21(19)33-25)24(32)22-17(8-4-9-18(22)26)23-27-12-6-13-28-23/h2-4,6,8-13,16,20H,5,7,14-15H2,1H3,(H,29,30)/t16-,20-/m1/s1. The average molecular weight is 445 g/mol. The molecule has 0 unspecified atom stereocenters. The fourth-order valence-corrected chi connectivity index (χ4v) is 4.46. The molecule has 2 atom stereocenters. The first kappa shape index (κ1) is 21.1. The van der Waals surface area contributed by atoms with Gasteiger partial charge in [-0.3, -0.25) is 4.79 Å². The molecule has 1 fully saturated rings. The van der Waals surface area contributed by atoms with Crippen molar-refractivity contribution in [1.82, 2.24) is 19.9 Å². The third kappa shape index (κ3) is 4.16. The number of aromatic nitrogens is 3. The van der Waals surface area contributed by atoms with Gasteiger partial charge in [0.05, 0.1) is 11.6 Å². The van der Waals surface area contributed by atoms with Gasteiger partial charge in [-0.25, -0.2) is 14.4 Å². The van der Waals surface area contributed by atoms with E-state index in [0.29, 0.717) is 36.1 Å². The van der Waals surface area contributed by atoms with Gasteiger partial charge >= 0.3 is 0 Å². The smallest absolute Gasteiger partial charge is 0.295 e. The van der Waals surface area contributed by atoms with Crippen LogP contribution in [-0.2, 0) is 0 Å². The van der Waals surface area contributed by atoms with E-state index >= 15 is 0 Å². The lowest BCUT2D eigenvalue weighted by Gasteiger charge is -2.40. The number of hydrogen-bond donors (Lipinski definition) is 1. The molecular formula is C25H24FN5O2. The van der Waals surface area contributed by atoms with Crippen molar-refractivity contribution in [1.29, 1.82) is 0 Å². The summed E-state index contributed by atoms with van der Waals surface area (Å²) >= 11 is 0. The van der Waals surface area contributed by atoms with Crippen LogP contribution in [0.4, 0.5) is 10.4 Å². The van der Waals surface area contributed by atoms with Crippen molar-refractivity contribution < 1.29 is 13.6 Å². The fourth-order valence-electron chi connectivity index (χ4n) is 4.46. The number of likely N-dealkylation sites (tertiary alicyclic amines) is 1. The Morgan fingerprint density at radius 2 is 1.97 bits per heavy atom. The molecule has 0 radical (unpaired) electrons. The van der Waals surface area contributed by atoms with Crippen molar-refractivity contribution in [2.75, 3.05) is 18.4 Å². The van der Waals surface area contributed by atoms with E-state index in [-0.39, 0.29) is 23.4 Å². The van der Waals surface area contributed by atoms with Gasteiger partial charge in [-0.15, -0.1) is 0 Å². The van der Waals surface area contributed by atoms with Gasteiger partial charge in [0.15, 0.2) is 11.4 Å². The lowest BCUT2D eigenvalue weighted by Crippen LogP contribution is -2.51. The number of carbonyl (C=O) groups excluding carboxylic acids is 1. The number of para-hydroxylation sites is 2. The van der Waals surface area contributed by atoms with Gasteiger partial charge < -0.3 is 14.6 Å². The molecule has 2 aromatic carbocycles. The maximum absolute atomic E-state index is 15.0. The molecule has 3 heterocycles. The van der Waals surface area contributed by atoms with Crippen molar-refractivity contribution in [3.63, 3.8) is 0 Å². The van der Waals surface area contributed by atoms with Gasteiger partial charge in [-0.05, 0) is 43.0 Å². The molecule has 33 heavy (non-hydrogen) atoms. The Balaban J connectivity index is 1.43. The average Bonchev–Trinajstić information content (AvgIpc) is 3.26. The van der Waals surface area contributed by atoms with E-state index in [1.165, 1.54) is 6.07 Å². The molecule has 4 aromatic rings. The first-order valence-electron chi connectivity index (χ1n) is 11.1. The quantitative estimate of drug-likeness (QED) is 0.476. The van der Waals surface area contributed by atoms with Crippen LogP contribution in [0.3, 0.4) is 0 Å². The molecule has 1 saturated heterocycles. The molecule has 0 spiro atoms. The summed E-state index contributed by atoms with van der Waals surface area (Å²) in [7, 11) is 0. The zero-order chi connectivity index (χ0) is 22.8. The van der Waals surface area contributed by atoms with E-state index in [4.69, 9.17) is 4.42 Å². The number of anilines is 1. The number of carbonyl (C=O) groups is 1. The summed E-state index contributed by atoms with van der Waals surface area (Å²) in [6.07, 6.45) is 5.00. The summed E-state index contributed by atoms with van der Waals surface area (Å²) < 4.78 is 20.8. The van der Waals surface area contributed by atoms with Crippen LogP contribution in [0, 0.1) is 11.7 Å². The van der Waals surface area contributed by atoms with Crippen LogP contribution < -0.4 is 5.32 Å². The summed E-state index contributed by atoms with van der Waals surface area (Å²) in [6, 6.07) is 14.0. The molecule has 7 nitrogen and oxygen atoms in total. The zero-order valence-electron chi connectivity index (χ0n) is 18.2. The molecule has 5 rings (SSSR count). The number of rotatable bonds is 5. The number of nitrogens with one attached hydrogen (secondary N) is 1. The number of fused-ring (bicyclic) bond motifs is 1. The monoisotopic (exact) mass is 445 g/mol. The number of oxazole rings is 1. The van der Waals surface area contributed by atoms with E-state index in [1.54, 1.807) is 35.5 Å². The van der Waals surface area contributed by atoms with Gasteiger partial charge in [0.25, 0.3) is 11.9 Å². The van der Waals surface area contributed by atoms with E-state index in [2.05, 4.69) is 27.2 Å². The Morgan fingerprint density at radius 1 is 1.15 bits per heavy atom. The lowest BCUT2D eigenvalue weighted by molar-refractivity contribution is 0.0535. The molecule has 0 aliphatic carbocycles. The molecule has 1 amide bonds. The topological polar surface area (TPSA) is 84.2 Å². The molecule has 1 N–H and O–H groups in total. The van der Waals surface area contributed by atoms with Crippen molar-refractivity contribution >= 4 is 23.0 Å². The first-order valence-corrected chi connectivity index (χ1v) is 11.1. The number of nitrogens with zero attached hydrogens (tertiary/aromatic N) is 4. The molecule has 168 valence electrons. The summed E-state index contributed by atoms with van der Waals surface area (Å²) in [5.41, 5.74) is 1.86. The van der Waals surface area contributed by atoms with E-state index < -0.39 is 5.82 Å². The molecule has 2 aromatic heterocycles. The Hall–Kier alpha value is -3.81. The molecular weight excluding hydrogens is 421 g/mol. The van der Waals surface area contributed by atoms with Crippen LogP contribution in [0.15, 0.2) is 65.3 Å². The highest BCUT2D eigenvalue weighted by molar-refractivity contribution is 6.00. The Labute approximate surface area is 190 Å².